The molecule has 0 spiro atoms. The van der Waals surface area contributed by atoms with E-state index in [-0.39, 0.29) is 0 Å². The van der Waals surface area contributed by atoms with Crippen LogP contribution in [-0.2, 0) is 13.0 Å². The molecule has 0 bridgehead atoms. The van der Waals surface area contributed by atoms with Crippen LogP contribution in [0.1, 0.15) is 24.1 Å². The Labute approximate surface area is 150 Å². The third-order valence-corrected chi connectivity index (χ3v) is 5.35. The van der Waals surface area contributed by atoms with Gasteiger partial charge in [0, 0.05) is 19.0 Å². The molecule has 0 unspecified atom stereocenters. The van der Waals surface area contributed by atoms with Crippen molar-refractivity contribution < 1.29 is 0 Å². The third kappa shape index (κ3) is 4.05. The number of aliphatic imine (C=N–C) groups is 1. The predicted octanol–water partition coefficient (Wildman–Crippen LogP) is 3.92. The fraction of sp³-hybridized carbons (Fsp3) is 0.364. The molecular formula is C22H25N3. The van der Waals surface area contributed by atoms with Gasteiger partial charge in [-0.2, -0.15) is 0 Å². The van der Waals surface area contributed by atoms with Crippen molar-refractivity contribution in [1.82, 2.24) is 9.88 Å². The Kier molecular flexibility index (Phi) is 5.03. The maximum Gasteiger partial charge on any atom is 0.0608 e. The average Bonchev–Trinajstić information content (AvgIpc) is 3.12. The van der Waals surface area contributed by atoms with Crippen molar-refractivity contribution in [3.8, 4) is 0 Å². The zero-order valence-corrected chi connectivity index (χ0v) is 14.6. The summed E-state index contributed by atoms with van der Waals surface area (Å²) in [6.07, 6.45) is 7.50. The van der Waals surface area contributed by atoms with E-state index < -0.39 is 0 Å². The Morgan fingerprint density at radius 3 is 2.52 bits per heavy atom. The number of likely N-dealkylation sites (tertiary alicyclic amines) is 1. The summed E-state index contributed by atoms with van der Waals surface area (Å²) in [5, 5.41) is 0. The summed E-state index contributed by atoms with van der Waals surface area (Å²) in [5.41, 5.74) is 5.60. The van der Waals surface area contributed by atoms with Crippen LogP contribution in [0.15, 0.2) is 70.9 Å². The summed E-state index contributed by atoms with van der Waals surface area (Å²) >= 11 is 0. The van der Waals surface area contributed by atoms with E-state index in [1.807, 2.05) is 12.3 Å². The van der Waals surface area contributed by atoms with Crippen LogP contribution in [0, 0.1) is 5.92 Å². The summed E-state index contributed by atoms with van der Waals surface area (Å²) in [6, 6.07) is 16.9. The van der Waals surface area contributed by atoms with Gasteiger partial charge < -0.3 is 0 Å². The van der Waals surface area contributed by atoms with E-state index in [4.69, 9.17) is 0 Å². The molecule has 0 atom stereocenters. The van der Waals surface area contributed by atoms with Gasteiger partial charge in [0.15, 0.2) is 0 Å². The first-order valence-electron chi connectivity index (χ1n) is 9.26. The monoisotopic (exact) mass is 331 g/mol. The van der Waals surface area contributed by atoms with Crippen LogP contribution in [0.2, 0.25) is 0 Å². The van der Waals surface area contributed by atoms with E-state index in [0.29, 0.717) is 5.92 Å². The molecule has 2 aromatic rings. The van der Waals surface area contributed by atoms with E-state index in [9.17, 15) is 0 Å². The van der Waals surface area contributed by atoms with Gasteiger partial charge in [-0.25, -0.2) is 0 Å². The summed E-state index contributed by atoms with van der Waals surface area (Å²) in [4.78, 5) is 11.6. The number of hydrogen-bond donors (Lipinski definition) is 0. The highest BCUT2D eigenvalue weighted by molar-refractivity contribution is 5.83. The topological polar surface area (TPSA) is 28.5 Å². The second kappa shape index (κ2) is 7.75. The van der Waals surface area contributed by atoms with Gasteiger partial charge in [-0.15, -0.1) is 0 Å². The van der Waals surface area contributed by atoms with Gasteiger partial charge in [-0.3, -0.25) is 14.9 Å². The molecule has 0 N–H and O–H groups in total. The molecule has 1 fully saturated rings. The van der Waals surface area contributed by atoms with Crippen LogP contribution in [0.4, 0.5) is 0 Å². The summed E-state index contributed by atoms with van der Waals surface area (Å²) in [7, 11) is 0. The standard InChI is InChI=1S/C22H25N3/c1-2-6-18(7-3-1)14-20-15-23-16-22(20)19-9-12-25(13-10-19)17-21-8-4-5-11-24-21/h1-8,11,15,19H,9-10,12-14,16-17H2. The summed E-state index contributed by atoms with van der Waals surface area (Å²) in [6.45, 7) is 4.19. The van der Waals surface area contributed by atoms with E-state index in [2.05, 4.69) is 63.6 Å². The second-order valence-corrected chi connectivity index (χ2v) is 7.05. The highest BCUT2D eigenvalue weighted by Crippen LogP contribution is 2.30. The molecular weight excluding hydrogens is 306 g/mol. The Morgan fingerprint density at radius 2 is 1.76 bits per heavy atom. The van der Waals surface area contributed by atoms with Crippen molar-refractivity contribution in [3.05, 3.63) is 77.1 Å². The predicted molar refractivity (Wildman–Crippen MR) is 103 cm³/mol. The molecule has 1 saturated heterocycles. The van der Waals surface area contributed by atoms with Crippen LogP contribution in [0.5, 0.6) is 0 Å². The molecule has 2 aliphatic heterocycles. The van der Waals surface area contributed by atoms with Gasteiger partial charge >= 0.3 is 0 Å². The molecule has 0 amide bonds. The van der Waals surface area contributed by atoms with E-state index in [1.54, 1.807) is 5.57 Å². The number of aromatic nitrogens is 1. The zero-order chi connectivity index (χ0) is 16.9. The number of benzene rings is 1. The lowest BCUT2D eigenvalue weighted by molar-refractivity contribution is 0.189. The highest BCUT2D eigenvalue weighted by Gasteiger charge is 2.25. The molecule has 3 heterocycles. The van der Waals surface area contributed by atoms with Gasteiger partial charge in [-0.05, 0) is 67.1 Å². The maximum atomic E-state index is 4.58. The minimum atomic E-state index is 0.696. The zero-order valence-electron chi connectivity index (χ0n) is 14.6. The van der Waals surface area contributed by atoms with Gasteiger partial charge in [0.25, 0.3) is 0 Å². The lowest BCUT2D eigenvalue weighted by atomic mass is 9.85. The van der Waals surface area contributed by atoms with Crippen molar-refractivity contribution in [2.24, 2.45) is 10.9 Å². The first-order valence-corrected chi connectivity index (χ1v) is 9.26. The number of piperidine rings is 1. The number of allylic oxidation sites excluding steroid dienone is 1. The minimum Gasteiger partial charge on any atom is -0.297 e. The Balaban J connectivity index is 1.37. The summed E-state index contributed by atoms with van der Waals surface area (Å²) in [5.74, 6) is 0.696. The number of rotatable bonds is 5. The minimum absolute atomic E-state index is 0.696. The highest BCUT2D eigenvalue weighted by atomic mass is 15.1. The normalized spacial score (nSPS) is 18.9. The third-order valence-electron chi connectivity index (χ3n) is 5.35. The largest absolute Gasteiger partial charge is 0.297 e. The lowest BCUT2D eigenvalue weighted by Gasteiger charge is -2.32. The lowest BCUT2D eigenvalue weighted by Crippen LogP contribution is -2.34. The molecule has 3 heteroatoms. The average molecular weight is 331 g/mol. The van der Waals surface area contributed by atoms with E-state index in [1.165, 1.54) is 29.7 Å². The van der Waals surface area contributed by atoms with Crippen LogP contribution >= 0.6 is 0 Å². The summed E-state index contributed by atoms with van der Waals surface area (Å²) < 4.78 is 0. The Bertz CT molecular complexity index is 741. The van der Waals surface area contributed by atoms with E-state index in [0.717, 1.165) is 32.6 Å². The first-order chi connectivity index (χ1) is 12.4. The smallest absolute Gasteiger partial charge is 0.0608 e. The van der Waals surface area contributed by atoms with Crippen molar-refractivity contribution in [3.63, 3.8) is 0 Å². The van der Waals surface area contributed by atoms with Crippen molar-refractivity contribution in [2.45, 2.75) is 25.8 Å². The van der Waals surface area contributed by atoms with Crippen LogP contribution in [0.25, 0.3) is 0 Å². The van der Waals surface area contributed by atoms with Gasteiger partial charge in [0.05, 0.1) is 12.2 Å². The van der Waals surface area contributed by atoms with Crippen molar-refractivity contribution in [2.75, 3.05) is 19.6 Å². The van der Waals surface area contributed by atoms with Crippen LogP contribution in [-0.4, -0.2) is 35.7 Å². The molecule has 25 heavy (non-hydrogen) atoms. The number of nitrogens with zero attached hydrogens (tertiary/aromatic N) is 3. The van der Waals surface area contributed by atoms with E-state index >= 15 is 0 Å². The molecule has 0 aliphatic carbocycles. The maximum absolute atomic E-state index is 4.58. The number of hydrogen-bond acceptors (Lipinski definition) is 3. The van der Waals surface area contributed by atoms with Crippen molar-refractivity contribution >= 4 is 6.21 Å². The molecule has 4 rings (SSSR count). The molecule has 1 aromatic heterocycles. The second-order valence-electron chi connectivity index (χ2n) is 7.05. The molecule has 2 aliphatic rings. The van der Waals surface area contributed by atoms with Gasteiger partial charge in [0.1, 0.15) is 0 Å². The molecule has 128 valence electrons. The van der Waals surface area contributed by atoms with Crippen LogP contribution in [0.3, 0.4) is 0 Å². The molecule has 0 radical (unpaired) electrons. The Hall–Kier alpha value is -2.26. The molecule has 0 saturated carbocycles. The quantitative estimate of drug-likeness (QED) is 0.831. The molecule has 1 aromatic carbocycles. The molecule has 3 nitrogen and oxygen atoms in total. The fourth-order valence-corrected chi connectivity index (χ4v) is 3.97. The SMILES string of the molecule is C1=NCC(C2CCN(Cc3ccccn3)CC2)=C1Cc1ccccc1. The Morgan fingerprint density at radius 1 is 0.960 bits per heavy atom. The first kappa shape index (κ1) is 16.2. The number of pyridine rings is 1. The van der Waals surface area contributed by atoms with Crippen LogP contribution < -0.4 is 0 Å². The van der Waals surface area contributed by atoms with Gasteiger partial charge in [0.2, 0.25) is 0 Å². The van der Waals surface area contributed by atoms with Gasteiger partial charge in [-0.1, -0.05) is 36.4 Å². The fourth-order valence-electron chi connectivity index (χ4n) is 3.97. The van der Waals surface area contributed by atoms with Crippen molar-refractivity contribution in [1.29, 1.82) is 0 Å².